The van der Waals surface area contributed by atoms with Gasteiger partial charge in [-0.1, -0.05) is 32.1 Å². The molecule has 0 unspecified atom stereocenters. The molecule has 0 aromatic carbocycles. The summed E-state index contributed by atoms with van der Waals surface area (Å²) in [6.07, 6.45) is 8.28. The third kappa shape index (κ3) is 3.96. The van der Waals surface area contributed by atoms with Crippen LogP contribution in [0.5, 0.6) is 0 Å². The van der Waals surface area contributed by atoms with E-state index in [0.29, 0.717) is 18.8 Å². The fraction of sp³-hybridized carbons (Fsp3) is 0.923. The van der Waals surface area contributed by atoms with Crippen molar-refractivity contribution in [1.82, 2.24) is 4.72 Å². The Morgan fingerprint density at radius 3 is 2.61 bits per heavy atom. The van der Waals surface area contributed by atoms with E-state index in [4.69, 9.17) is 5.26 Å². The molecule has 0 aliphatic heterocycles. The lowest BCUT2D eigenvalue weighted by Gasteiger charge is -2.21. The Labute approximate surface area is 110 Å². The summed E-state index contributed by atoms with van der Waals surface area (Å²) in [7, 11) is -3.16. The first kappa shape index (κ1) is 13.8. The molecule has 0 spiro atoms. The molecule has 2 aliphatic carbocycles. The van der Waals surface area contributed by atoms with Crippen LogP contribution in [0.25, 0.3) is 0 Å². The van der Waals surface area contributed by atoms with E-state index in [1.807, 2.05) is 6.07 Å². The van der Waals surface area contributed by atoms with Gasteiger partial charge in [0.05, 0.1) is 11.8 Å². The standard InChI is InChI=1S/C13H22N2O2S/c14-8-4-5-9-18(16,17)15-13-10-12(13)11-6-2-1-3-7-11/h11-13,15H,1-7,9-10H2/t12-,13-/m0/s1. The smallest absolute Gasteiger partial charge is 0.211 e. The molecule has 0 aromatic rings. The molecule has 0 saturated heterocycles. The van der Waals surface area contributed by atoms with Crippen LogP contribution in [0.1, 0.15) is 51.4 Å². The normalized spacial score (nSPS) is 28.8. The van der Waals surface area contributed by atoms with E-state index < -0.39 is 10.0 Å². The molecule has 2 saturated carbocycles. The van der Waals surface area contributed by atoms with Crippen molar-refractivity contribution in [2.45, 2.75) is 57.4 Å². The van der Waals surface area contributed by atoms with Crippen LogP contribution in [0.2, 0.25) is 0 Å². The van der Waals surface area contributed by atoms with Gasteiger partial charge in [0.25, 0.3) is 0 Å². The zero-order valence-electron chi connectivity index (χ0n) is 10.8. The van der Waals surface area contributed by atoms with Crippen LogP contribution in [0, 0.1) is 23.2 Å². The fourth-order valence-corrected chi connectivity index (χ4v) is 4.44. The van der Waals surface area contributed by atoms with Gasteiger partial charge >= 0.3 is 0 Å². The van der Waals surface area contributed by atoms with Gasteiger partial charge in [0.1, 0.15) is 0 Å². The van der Waals surface area contributed by atoms with Gasteiger partial charge in [-0.3, -0.25) is 0 Å². The van der Waals surface area contributed by atoms with Crippen LogP contribution in [0.3, 0.4) is 0 Å². The third-order valence-corrected chi connectivity index (χ3v) is 5.62. The van der Waals surface area contributed by atoms with Crippen molar-refractivity contribution in [2.24, 2.45) is 11.8 Å². The first-order valence-corrected chi connectivity index (χ1v) is 8.64. The zero-order chi connectivity index (χ0) is 13.0. The number of rotatable bonds is 6. The van der Waals surface area contributed by atoms with Crippen LogP contribution in [0.4, 0.5) is 0 Å². The number of nitrogens with one attached hydrogen (secondary N) is 1. The topological polar surface area (TPSA) is 70.0 Å². The van der Waals surface area contributed by atoms with E-state index in [9.17, 15) is 8.42 Å². The number of nitrogens with zero attached hydrogens (tertiary/aromatic N) is 1. The summed E-state index contributed by atoms with van der Waals surface area (Å²) >= 11 is 0. The van der Waals surface area contributed by atoms with Gasteiger partial charge in [-0.2, -0.15) is 5.26 Å². The Balaban J connectivity index is 1.73. The highest BCUT2D eigenvalue weighted by molar-refractivity contribution is 7.89. The van der Waals surface area contributed by atoms with E-state index in [1.54, 1.807) is 0 Å². The van der Waals surface area contributed by atoms with Crippen molar-refractivity contribution in [3.8, 4) is 6.07 Å². The summed E-state index contributed by atoms with van der Waals surface area (Å²) < 4.78 is 26.3. The summed E-state index contributed by atoms with van der Waals surface area (Å²) in [6.45, 7) is 0. The highest BCUT2D eigenvalue weighted by atomic mass is 32.2. The molecule has 0 aromatic heterocycles. The van der Waals surface area contributed by atoms with Gasteiger partial charge in [0.15, 0.2) is 0 Å². The van der Waals surface area contributed by atoms with E-state index in [2.05, 4.69) is 4.72 Å². The second-order valence-corrected chi connectivity index (χ2v) is 7.48. The maximum atomic E-state index is 11.8. The predicted molar refractivity (Wildman–Crippen MR) is 70.2 cm³/mol. The van der Waals surface area contributed by atoms with E-state index >= 15 is 0 Å². The number of sulfonamides is 1. The minimum Gasteiger partial charge on any atom is -0.212 e. The molecule has 2 aliphatic rings. The Kier molecular flexibility index (Phi) is 4.63. The average molecular weight is 270 g/mol. The van der Waals surface area contributed by atoms with Crippen molar-refractivity contribution in [2.75, 3.05) is 5.75 Å². The molecule has 5 heteroatoms. The average Bonchev–Trinajstić information content (AvgIpc) is 3.09. The molecular weight excluding hydrogens is 248 g/mol. The maximum absolute atomic E-state index is 11.8. The summed E-state index contributed by atoms with van der Waals surface area (Å²) in [4.78, 5) is 0. The molecule has 18 heavy (non-hydrogen) atoms. The zero-order valence-corrected chi connectivity index (χ0v) is 11.6. The van der Waals surface area contributed by atoms with Gasteiger partial charge in [-0.15, -0.1) is 0 Å². The highest BCUT2D eigenvalue weighted by Crippen LogP contribution is 2.44. The van der Waals surface area contributed by atoms with Gasteiger partial charge in [0, 0.05) is 12.5 Å². The molecule has 4 nitrogen and oxygen atoms in total. The number of hydrogen-bond acceptors (Lipinski definition) is 3. The molecule has 1 N–H and O–H groups in total. The molecule has 0 radical (unpaired) electrons. The van der Waals surface area contributed by atoms with Crippen LogP contribution in [0.15, 0.2) is 0 Å². The largest absolute Gasteiger partial charge is 0.212 e. The predicted octanol–water partition coefficient (Wildman–Crippen LogP) is 2.18. The number of nitriles is 1. The molecule has 102 valence electrons. The maximum Gasteiger partial charge on any atom is 0.211 e. The lowest BCUT2D eigenvalue weighted by Crippen LogP contribution is -2.30. The minimum atomic E-state index is -3.16. The van der Waals surface area contributed by atoms with Crippen molar-refractivity contribution >= 4 is 10.0 Å². The molecule has 0 amide bonds. The lowest BCUT2D eigenvalue weighted by molar-refractivity contribution is 0.316. The van der Waals surface area contributed by atoms with Gasteiger partial charge in [-0.05, 0) is 24.7 Å². The second kappa shape index (κ2) is 6.03. The van der Waals surface area contributed by atoms with Gasteiger partial charge < -0.3 is 0 Å². The lowest BCUT2D eigenvalue weighted by atomic mass is 9.86. The summed E-state index contributed by atoms with van der Waals surface area (Å²) in [5.74, 6) is 1.41. The van der Waals surface area contributed by atoms with E-state index in [-0.39, 0.29) is 11.8 Å². The van der Waals surface area contributed by atoms with E-state index in [0.717, 1.165) is 12.3 Å². The first-order chi connectivity index (χ1) is 8.62. The summed E-state index contributed by atoms with van der Waals surface area (Å²) in [5, 5.41) is 8.40. The Morgan fingerprint density at radius 1 is 1.22 bits per heavy atom. The molecule has 2 atom stereocenters. The van der Waals surface area contributed by atoms with Crippen molar-refractivity contribution in [3.63, 3.8) is 0 Å². The Hall–Kier alpha value is -0.600. The van der Waals surface area contributed by atoms with Crippen molar-refractivity contribution < 1.29 is 8.42 Å². The fourth-order valence-electron chi connectivity index (χ4n) is 3.06. The summed E-state index contributed by atoms with van der Waals surface area (Å²) in [6, 6.07) is 2.16. The van der Waals surface area contributed by atoms with Crippen LogP contribution >= 0.6 is 0 Å². The molecular formula is C13H22N2O2S. The highest BCUT2D eigenvalue weighted by Gasteiger charge is 2.44. The quantitative estimate of drug-likeness (QED) is 0.752. The van der Waals surface area contributed by atoms with Crippen LogP contribution < -0.4 is 4.72 Å². The van der Waals surface area contributed by atoms with Crippen LogP contribution in [-0.4, -0.2) is 20.2 Å². The Morgan fingerprint density at radius 2 is 1.94 bits per heavy atom. The van der Waals surface area contributed by atoms with Gasteiger partial charge in [0.2, 0.25) is 10.0 Å². The van der Waals surface area contributed by atoms with Crippen molar-refractivity contribution in [3.05, 3.63) is 0 Å². The van der Waals surface area contributed by atoms with Crippen LogP contribution in [-0.2, 0) is 10.0 Å². The monoisotopic (exact) mass is 270 g/mol. The second-order valence-electron chi connectivity index (χ2n) is 5.60. The van der Waals surface area contributed by atoms with Crippen molar-refractivity contribution in [1.29, 1.82) is 5.26 Å². The number of unbranched alkanes of at least 4 members (excludes halogenated alkanes) is 1. The molecule has 2 fully saturated rings. The number of hydrogen-bond donors (Lipinski definition) is 1. The Bertz CT molecular complexity index is 407. The summed E-state index contributed by atoms with van der Waals surface area (Å²) in [5.41, 5.74) is 0. The third-order valence-electron chi connectivity index (χ3n) is 4.13. The molecule has 0 heterocycles. The van der Waals surface area contributed by atoms with Gasteiger partial charge in [-0.25, -0.2) is 13.1 Å². The molecule has 0 bridgehead atoms. The first-order valence-electron chi connectivity index (χ1n) is 6.99. The molecule has 2 rings (SSSR count). The minimum absolute atomic E-state index is 0.0917. The SMILES string of the molecule is N#CCCCS(=O)(=O)N[C@H]1C[C@H]1C1CCCCC1. The van der Waals surface area contributed by atoms with E-state index in [1.165, 1.54) is 32.1 Å².